The van der Waals surface area contributed by atoms with Crippen molar-refractivity contribution in [3.63, 3.8) is 0 Å². The van der Waals surface area contributed by atoms with Crippen LogP contribution in [0.15, 0.2) is 16.4 Å². The summed E-state index contributed by atoms with van der Waals surface area (Å²) in [5.41, 5.74) is 1.13. The maximum atomic E-state index is 12.3. The summed E-state index contributed by atoms with van der Waals surface area (Å²) < 4.78 is 0. The van der Waals surface area contributed by atoms with Crippen molar-refractivity contribution in [1.29, 1.82) is 0 Å². The molecule has 0 fully saturated rings. The van der Waals surface area contributed by atoms with Gasteiger partial charge in [-0.15, -0.1) is 34.4 Å². The highest BCUT2D eigenvalue weighted by molar-refractivity contribution is 7.99. The third kappa shape index (κ3) is 3.11. The number of aromatic nitrogens is 3. The Labute approximate surface area is 149 Å². The lowest BCUT2D eigenvalue weighted by atomic mass is 10.2. The summed E-state index contributed by atoms with van der Waals surface area (Å²) in [4.78, 5) is 37.7. The van der Waals surface area contributed by atoms with Crippen molar-refractivity contribution >= 4 is 55.7 Å². The molecule has 2 N–H and O–H groups in total. The molecular formula is C15H14N4O2S3. The predicted molar refractivity (Wildman–Crippen MR) is 99.2 cm³/mol. The van der Waals surface area contributed by atoms with Crippen molar-refractivity contribution in [2.75, 3.05) is 11.1 Å². The number of nitrogens with zero attached hydrogens (tertiary/aromatic N) is 2. The molecule has 0 aliphatic heterocycles. The fourth-order valence-electron chi connectivity index (χ4n) is 2.80. The second-order valence-corrected chi connectivity index (χ2v) is 8.39. The van der Waals surface area contributed by atoms with E-state index in [0.29, 0.717) is 22.5 Å². The molecule has 6 nitrogen and oxygen atoms in total. The van der Waals surface area contributed by atoms with Crippen molar-refractivity contribution in [3.8, 4) is 0 Å². The molecule has 0 unspecified atom stereocenters. The zero-order valence-corrected chi connectivity index (χ0v) is 15.1. The number of thiazole rings is 1. The molecule has 24 heavy (non-hydrogen) atoms. The Morgan fingerprint density at radius 2 is 2.33 bits per heavy atom. The normalized spacial score (nSPS) is 13.3. The van der Waals surface area contributed by atoms with E-state index in [1.165, 1.54) is 33.5 Å². The smallest absolute Gasteiger partial charge is 0.259 e. The monoisotopic (exact) mass is 378 g/mol. The van der Waals surface area contributed by atoms with Crippen LogP contribution >= 0.6 is 34.4 Å². The van der Waals surface area contributed by atoms with E-state index in [4.69, 9.17) is 0 Å². The number of H-pyrrole nitrogens is 1. The zero-order chi connectivity index (χ0) is 16.5. The minimum absolute atomic E-state index is 0.0535. The zero-order valence-electron chi connectivity index (χ0n) is 12.6. The molecule has 0 aromatic carbocycles. The number of carbonyl (C=O) groups is 1. The molecule has 1 aliphatic rings. The molecular weight excluding hydrogens is 364 g/mol. The van der Waals surface area contributed by atoms with Gasteiger partial charge in [0.25, 0.3) is 5.56 Å². The van der Waals surface area contributed by atoms with Gasteiger partial charge >= 0.3 is 0 Å². The number of amides is 1. The predicted octanol–water partition coefficient (Wildman–Crippen LogP) is 2.80. The summed E-state index contributed by atoms with van der Waals surface area (Å²) in [5, 5.41) is 5.91. The quantitative estimate of drug-likeness (QED) is 0.713. The number of rotatable bonds is 5. The number of nitrogens with one attached hydrogen (secondary N) is 2. The molecule has 124 valence electrons. The maximum absolute atomic E-state index is 12.3. The largest absolute Gasteiger partial charge is 0.309 e. The lowest BCUT2D eigenvalue weighted by Crippen LogP contribution is -2.15. The first kappa shape index (κ1) is 15.8. The summed E-state index contributed by atoms with van der Waals surface area (Å²) in [7, 11) is 0. The highest BCUT2D eigenvalue weighted by atomic mass is 32.2. The van der Waals surface area contributed by atoms with Crippen LogP contribution in [0, 0.1) is 0 Å². The molecule has 3 aromatic rings. The number of fused-ring (bicyclic) bond motifs is 3. The van der Waals surface area contributed by atoms with Crippen LogP contribution < -0.4 is 10.9 Å². The van der Waals surface area contributed by atoms with Gasteiger partial charge in [-0.25, -0.2) is 9.97 Å². The fourth-order valence-corrected chi connectivity index (χ4v) is 5.31. The molecule has 0 bridgehead atoms. The van der Waals surface area contributed by atoms with E-state index in [1.54, 1.807) is 17.5 Å². The molecule has 9 heteroatoms. The molecule has 3 aromatic heterocycles. The minimum atomic E-state index is -0.103. The highest BCUT2D eigenvalue weighted by Gasteiger charge is 2.21. The molecule has 3 heterocycles. The molecule has 0 radical (unpaired) electrons. The van der Waals surface area contributed by atoms with Gasteiger partial charge in [0.1, 0.15) is 10.7 Å². The van der Waals surface area contributed by atoms with E-state index in [9.17, 15) is 9.59 Å². The number of thioether (sulfide) groups is 1. The van der Waals surface area contributed by atoms with Crippen LogP contribution in [0.1, 0.15) is 22.7 Å². The van der Waals surface area contributed by atoms with Gasteiger partial charge in [-0.2, -0.15) is 0 Å². The van der Waals surface area contributed by atoms with Crippen molar-refractivity contribution in [3.05, 3.63) is 38.2 Å². The van der Waals surface area contributed by atoms with Gasteiger partial charge in [0.15, 0.2) is 5.13 Å². The number of anilines is 1. The summed E-state index contributed by atoms with van der Waals surface area (Å²) in [5.74, 6) is 1.31. The number of thiophene rings is 1. The van der Waals surface area contributed by atoms with Gasteiger partial charge in [-0.05, 0) is 24.8 Å². The highest BCUT2D eigenvalue weighted by Crippen LogP contribution is 2.34. The second-order valence-electron chi connectivity index (χ2n) is 5.43. The molecule has 1 aliphatic carbocycles. The van der Waals surface area contributed by atoms with E-state index in [2.05, 4.69) is 20.3 Å². The van der Waals surface area contributed by atoms with E-state index >= 15 is 0 Å². The minimum Gasteiger partial charge on any atom is -0.309 e. The Bertz CT molecular complexity index is 946. The number of hydrogen-bond donors (Lipinski definition) is 2. The van der Waals surface area contributed by atoms with Crippen molar-refractivity contribution in [2.45, 2.75) is 25.0 Å². The first-order valence-corrected chi connectivity index (χ1v) is 10.4. The average Bonchev–Trinajstić information content (AvgIpc) is 3.23. The number of aromatic amines is 1. The summed E-state index contributed by atoms with van der Waals surface area (Å²) in [6.07, 6.45) is 4.81. The first-order chi connectivity index (χ1) is 11.7. The Morgan fingerprint density at radius 3 is 3.17 bits per heavy atom. The van der Waals surface area contributed by atoms with Gasteiger partial charge in [0.2, 0.25) is 5.91 Å². The van der Waals surface area contributed by atoms with Gasteiger partial charge in [0, 0.05) is 16.5 Å². The molecule has 0 atom stereocenters. The fraction of sp³-hybridized carbons (Fsp3) is 0.333. The topological polar surface area (TPSA) is 87.7 Å². The van der Waals surface area contributed by atoms with Crippen molar-refractivity contribution in [1.82, 2.24) is 15.0 Å². The Kier molecular flexibility index (Phi) is 4.38. The summed E-state index contributed by atoms with van der Waals surface area (Å²) >= 11 is 4.44. The van der Waals surface area contributed by atoms with Gasteiger partial charge in [-0.3, -0.25) is 9.59 Å². The molecule has 0 saturated carbocycles. The van der Waals surface area contributed by atoms with Crippen LogP contribution in [0.25, 0.3) is 10.2 Å². The number of carbonyl (C=O) groups excluding carboxylic acids is 1. The SMILES string of the molecule is O=C(CSCc1nc2sc3c(c2c(=O)[nH]1)CCC3)Nc1nccs1. The summed E-state index contributed by atoms with van der Waals surface area (Å²) in [6.45, 7) is 0. The van der Waals surface area contributed by atoms with E-state index in [1.807, 2.05) is 5.38 Å². The molecule has 0 saturated heterocycles. The summed E-state index contributed by atoms with van der Waals surface area (Å²) in [6, 6.07) is 0. The molecule has 4 rings (SSSR count). The lowest BCUT2D eigenvalue weighted by molar-refractivity contribution is -0.113. The van der Waals surface area contributed by atoms with Crippen LogP contribution in [0.3, 0.4) is 0 Å². The Balaban J connectivity index is 1.42. The number of hydrogen-bond acceptors (Lipinski definition) is 7. The van der Waals surface area contributed by atoms with Crippen LogP contribution in [0.4, 0.5) is 5.13 Å². The Morgan fingerprint density at radius 1 is 1.42 bits per heavy atom. The third-order valence-corrected chi connectivity index (χ3v) is 6.59. The van der Waals surface area contributed by atoms with Crippen LogP contribution in [0.5, 0.6) is 0 Å². The van der Waals surface area contributed by atoms with Gasteiger partial charge in [0.05, 0.1) is 16.9 Å². The van der Waals surface area contributed by atoms with E-state index in [-0.39, 0.29) is 11.5 Å². The van der Waals surface area contributed by atoms with Crippen molar-refractivity contribution in [2.24, 2.45) is 0 Å². The van der Waals surface area contributed by atoms with Gasteiger partial charge < -0.3 is 10.3 Å². The Hall–Kier alpha value is -1.71. The third-order valence-electron chi connectivity index (χ3n) is 3.77. The number of aryl methyl sites for hydroxylation is 2. The van der Waals surface area contributed by atoms with E-state index < -0.39 is 0 Å². The van der Waals surface area contributed by atoms with Crippen LogP contribution in [-0.2, 0) is 23.4 Å². The average molecular weight is 379 g/mol. The molecule has 0 spiro atoms. The van der Waals surface area contributed by atoms with Crippen molar-refractivity contribution < 1.29 is 4.79 Å². The van der Waals surface area contributed by atoms with E-state index in [0.717, 1.165) is 29.5 Å². The first-order valence-electron chi connectivity index (χ1n) is 7.51. The lowest BCUT2D eigenvalue weighted by Gasteiger charge is -2.03. The van der Waals surface area contributed by atoms with Gasteiger partial charge in [-0.1, -0.05) is 0 Å². The van der Waals surface area contributed by atoms with Crippen LogP contribution in [-0.4, -0.2) is 26.6 Å². The molecule has 1 amide bonds. The maximum Gasteiger partial charge on any atom is 0.259 e. The van der Waals surface area contributed by atoms with Crippen LogP contribution in [0.2, 0.25) is 0 Å². The standard InChI is InChI=1S/C15H14N4O2S3/c20-11(19-15-16-4-5-23-15)7-22-6-10-17-13(21)12-8-2-1-3-9(8)24-14(12)18-10/h4-5H,1-3,6-7H2,(H,16,19,20)(H,17,18,21). The second kappa shape index (κ2) is 6.66.